The molecule has 1 heterocycles. The molecular weight excluding hydrogens is 306 g/mol. The highest BCUT2D eigenvalue weighted by molar-refractivity contribution is 6.29. The smallest absolute Gasteiger partial charge is 0.203 e. The maximum absolute atomic E-state index is 5.80. The molecule has 0 saturated carbocycles. The van der Waals surface area contributed by atoms with E-state index < -0.39 is 0 Å². The maximum atomic E-state index is 5.80. The van der Waals surface area contributed by atoms with Gasteiger partial charge in [-0.3, -0.25) is 5.43 Å². The monoisotopic (exact) mass is 321 g/mol. The number of nitrogens with one attached hydrogen (secondary N) is 1. The summed E-state index contributed by atoms with van der Waals surface area (Å²) in [7, 11) is 4.68. The molecule has 6 nitrogen and oxygen atoms in total. The van der Waals surface area contributed by atoms with E-state index in [1.165, 1.54) is 0 Å². The number of hydrazone groups is 1. The fourth-order valence-corrected chi connectivity index (χ4v) is 1.98. The minimum Gasteiger partial charge on any atom is -0.493 e. The Hall–Kier alpha value is -2.47. The second-order valence-electron chi connectivity index (χ2n) is 4.17. The zero-order valence-corrected chi connectivity index (χ0v) is 13.2. The number of hydrogen-bond acceptors (Lipinski definition) is 6. The topological polar surface area (TPSA) is 65.0 Å². The second-order valence-corrected chi connectivity index (χ2v) is 4.56. The molecule has 1 aromatic carbocycles. The van der Waals surface area contributed by atoms with E-state index in [4.69, 9.17) is 25.8 Å². The largest absolute Gasteiger partial charge is 0.493 e. The summed E-state index contributed by atoms with van der Waals surface area (Å²) in [6.45, 7) is 0. The molecule has 0 bridgehead atoms. The van der Waals surface area contributed by atoms with Crippen molar-refractivity contribution in [3.05, 3.63) is 41.0 Å². The van der Waals surface area contributed by atoms with Crippen LogP contribution in [0, 0.1) is 0 Å². The number of rotatable bonds is 6. The van der Waals surface area contributed by atoms with Gasteiger partial charge in [0, 0.05) is 5.56 Å². The Balaban J connectivity index is 2.20. The van der Waals surface area contributed by atoms with Gasteiger partial charge in [0.15, 0.2) is 11.5 Å². The number of hydrogen-bond donors (Lipinski definition) is 1. The highest BCUT2D eigenvalue weighted by atomic mass is 35.5. The number of halogens is 1. The zero-order chi connectivity index (χ0) is 15.9. The van der Waals surface area contributed by atoms with Crippen molar-refractivity contribution in [2.75, 3.05) is 26.8 Å². The molecule has 22 heavy (non-hydrogen) atoms. The normalized spacial score (nSPS) is 10.5. The molecule has 0 aliphatic heterocycles. The molecular formula is C15H16ClN3O3. The first-order valence-corrected chi connectivity index (χ1v) is 6.77. The molecule has 1 aromatic heterocycles. The van der Waals surface area contributed by atoms with Crippen LogP contribution in [0.25, 0.3) is 0 Å². The Bertz CT molecular complexity index is 652. The molecule has 0 amide bonds. The summed E-state index contributed by atoms with van der Waals surface area (Å²) in [5, 5.41) is 4.51. The van der Waals surface area contributed by atoms with Gasteiger partial charge in [0.1, 0.15) is 11.0 Å². The Morgan fingerprint density at radius 1 is 1.09 bits per heavy atom. The predicted molar refractivity (Wildman–Crippen MR) is 86.6 cm³/mol. The van der Waals surface area contributed by atoms with Gasteiger partial charge in [-0.1, -0.05) is 17.7 Å². The van der Waals surface area contributed by atoms with Crippen LogP contribution in [0.4, 0.5) is 5.82 Å². The van der Waals surface area contributed by atoms with Crippen molar-refractivity contribution >= 4 is 23.6 Å². The third kappa shape index (κ3) is 3.79. The summed E-state index contributed by atoms with van der Waals surface area (Å²) < 4.78 is 15.8. The molecule has 2 aromatic rings. The van der Waals surface area contributed by atoms with Gasteiger partial charge in [0.2, 0.25) is 5.75 Å². The van der Waals surface area contributed by atoms with Crippen LogP contribution in [-0.4, -0.2) is 32.5 Å². The molecule has 0 unspecified atom stereocenters. The molecule has 0 fully saturated rings. The van der Waals surface area contributed by atoms with Crippen molar-refractivity contribution in [2.24, 2.45) is 5.10 Å². The maximum Gasteiger partial charge on any atom is 0.203 e. The van der Waals surface area contributed by atoms with E-state index in [1.807, 2.05) is 0 Å². The van der Waals surface area contributed by atoms with Crippen LogP contribution in [0.15, 0.2) is 35.4 Å². The van der Waals surface area contributed by atoms with Crippen LogP contribution in [0.5, 0.6) is 17.2 Å². The van der Waals surface area contributed by atoms with Crippen molar-refractivity contribution in [2.45, 2.75) is 0 Å². The molecule has 7 heteroatoms. The average molecular weight is 322 g/mol. The molecule has 116 valence electrons. The van der Waals surface area contributed by atoms with E-state index in [1.54, 1.807) is 57.9 Å². The molecule has 0 radical (unpaired) electrons. The lowest BCUT2D eigenvalue weighted by Crippen LogP contribution is -1.98. The van der Waals surface area contributed by atoms with E-state index in [-0.39, 0.29) is 0 Å². The Morgan fingerprint density at radius 2 is 1.77 bits per heavy atom. The van der Waals surface area contributed by atoms with Gasteiger partial charge in [-0.2, -0.15) is 5.10 Å². The Morgan fingerprint density at radius 3 is 2.32 bits per heavy atom. The lowest BCUT2D eigenvalue weighted by atomic mass is 10.2. The minimum absolute atomic E-state index is 0.396. The highest BCUT2D eigenvalue weighted by Gasteiger charge is 2.12. The summed E-state index contributed by atoms with van der Waals surface area (Å²) >= 11 is 5.80. The first-order chi connectivity index (χ1) is 10.7. The lowest BCUT2D eigenvalue weighted by molar-refractivity contribution is 0.324. The van der Waals surface area contributed by atoms with Crippen molar-refractivity contribution in [3.63, 3.8) is 0 Å². The van der Waals surface area contributed by atoms with Gasteiger partial charge in [-0.15, -0.1) is 0 Å². The third-order valence-corrected chi connectivity index (χ3v) is 3.01. The van der Waals surface area contributed by atoms with Crippen LogP contribution in [0.3, 0.4) is 0 Å². The molecule has 0 saturated heterocycles. The van der Waals surface area contributed by atoms with Crippen molar-refractivity contribution in [3.8, 4) is 17.2 Å². The van der Waals surface area contributed by atoms with E-state index in [0.29, 0.717) is 28.2 Å². The molecule has 0 spiro atoms. The van der Waals surface area contributed by atoms with E-state index in [0.717, 1.165) is 5.56 Å². The molecule has 0 aliphatic rings. The number of methoxy groups -OCH3 is 3. The quantitative estimate of drug-likeness (QED) is 0.503. The summed E-state index contributed by atoms with van der Waals surface area (Å²) in [6, 6.07) is 8.82. The third-order valence-electron chi connectivity index (χ3n) is 2.79. The van der Waals surface area contributed by atoms with E-state index >= 15 is 0 Å². The number of aromatic nitrogens is 1. The van der Waals surface area contributed by atoms with Crippen LogP contribution >= 0.6 is 11.6 Å². The Kier molecular flexibility index (Phi) is 5.43. The van der Waals surface area contributed by atoms with Gasteiger partial charge < -0.3 is 14.2 Å². The number of nitrogens with zero attached hydrogens (tertiary/aromatic N) is 2. The molecule has 0 atom stereocenters. The Labute approximate surface area is 133 Å². The predicted octanol–water partition coefficient (Wildman–Crippen LogP) is 3.21. The number of anilines is 1. The first-order valence-electron chi connectivity index (χ1n) is 6.39. The zero-order valence-electron chi connectivity index (χ0n) is 12.5. The summed E-state index contributed by atoms with van der Waals surface area (Å²) in [5.41, 5.74) is 3.58. The van der Waals surface area contributed by atoms with Crippen molar-refractivity contribution in [1.82, 2.24) is 4.98 Å². The van der Waals surface area contributed by atoms with Crippen LogP contribution in [0.1, 0.15) is 5.56 Å². The molecule has 0 aliphatic carbocycles. The standard InChI is InChI=1S/C15H16ClN3O3/c1-20-11-7-10(8-12(21-2)15(11)22-3)9-17-19-14-6-4-5-13(16)18-14/h4-9H,1-3H3,(H,18,19)/b17-9-. The van der Waals surface area contributed by atoms with Crippen molar-refractivity contribution in [1.29, 1.82) is 0 Å². The van der Waals surface area contributed by atoms with Gasteiger partial charge in [-0.05, 0) is 24.3 Å². The SMILES string of the molecule is COc1cc(/C=N\Nc2cccc(Cl)n2)cc(OC)c1OC. The number of benzene rings is 1. The fraction of sp³-hybridized carbons (Fsp3) is 0.200. The lowest BCUT2D eigenvalue weighted by Gasteiger charge is -2.12. The average Bonchev–Trinajstić information content (AvgIpc) is 2.53. The fourth-order valence-electron chi connectivity index (χ4n) is 1.82. The van der Waals surface area contributed by atoms with Gasteiger partial charge >= 0.3 is 0 Å². The number of ether oxygens (including phenoxy) is 3. The highest BCUT2D eigenvalue weighted by Crippen LogP contribution is 2.37. The van der Waals surface area contributed by atoms with Crippen LogP contribution < -0.4 is 19.6 Å². The second kappa shape index (κ2) is 7.51. The van der Waals surface area contributed by atoms with Gasteiger partial charge in [-0.25, -0.2) is 4.98 Å². The summed E-state index contributed by atoms with van der Waals surface area (Å²) in [6.07, 6.45) is 1.62. The molecule has 1 N–H and O–H groups in total. The van der Waals surface area contributed by atoms with E-state index in [9.17, 15) is 0 Å². The van der Waals surface area contributed by atoms with E-state index in [2.05, 4.69) is 15.5 Å². The van der Waals surface area contributed by atoms with Gasteiger partial charge in [0.05, 0.1) is 27.5 Å². The van der Waals surface area contributed by atoms with Crippen LogP contribution in [-0.2, 0) is 0 Å². The summed E-state index contributed by atoms with van der Waals surface area (Å²) in [4.78, 5) is 4.07. The van der Waals surface area contributed by atoms with Crippen LogP contribution in [0.2, 0.25) is 5.15 Å². The van der Waals surface area contributed by atoms with Gasteiger partial charge in [0.25, 0.3) is 0 Å². The van der Waals surface area contributed by atoms with Crippen molar-refractivity contribution < 1.29 is 14.2 Å². The molecule has 2 rings (SSSR count). The minimum atomic E-state index is 0.396. The first kappa shape index (κ1) is 15.9. The number of pyridine rings is 1. The summed E-state index contributed by atoms with van der Waals surface area (Å²) in [5.74, 6) is 2.20.